The Labute approximate surface area is 201 Å². The molecule has 5 atom stereocenters. The standard InChI is InChI=1S/C25H37N7O2/c1-2-18-12-22-23(30-24(18)33)11-17(13-27-22)16-31-7-9-32(10-8-31)20-3-4-21(28-15-20)25(34)29-19-5-6-26-14-19/h3-4,11,13,18-20,22-23,26H,2,5-10,12,14-16H2,1H3,(H,29,34)(H,30,33)/t18?,19-,20?,22?,23?/m0/s1. The van der Waals surface area contributed by atoms with Gasteiger partial charge in [-0.1, -0.05) is 19.1 Å². The Bertz CT molecular complexity index is 897. The number of aliphatic imine (C=N–C) groups is 2. The molecule has 0 aliphatic carbocycles. The second kappa shape index (κ2) is 10.5. The molecule has 3 saturated heterocycles. The highest BCUT2D eigenvalue weighted by Gasteiger charge is 2.35. The number of hydrogen-bond acceptors (Lipinski definition) is 7. The summed E-state index contributed by atoms with van der Waals surface area (Å²) in [5.74, 6) is 0.205. The molecule has 0 aromatic heterocycles. The Morgan fingerprint density at radius 1 is 1.26 bits per heavy atom. The Morgan fingerprint density at radius 2 is 2.12 bits per heavy atom. The Kier molecular flexibility index (Phi) is 7.22. The van der Waals surface area contributed by atoms with Crippen LogP contribution in [0.5, 0.6) is 0 Å². The van der Waals surface area contributed by atoms with Crippen molar-refractivity contribution in [2.24, 2.45) is 15.9 Å². The lowest BCUT2D eigenvalue weighted by Crippen LogP contribution is -2.53. The van der Waals surface area contributed by atoms with Crippen molar-refractivity contribution in [2.45, 2.75) is 50.4 Å². The average Bonchev–Trinajstić information content (AvgIpc) is 3.37. The summed E-state index contributed by atoms with van der Waals surface area (Å²) in [5, 5.41) is 9.50. The molecule has 3 fully saturated rings. The van der Waals surface area contributed by atoms with Gasteiger partial charge in [0, 0.05) is 63.5 Å². The smallest absolute Gasteiger partial charge is 0.269 e. The van der Waals surface area contributed by atoms with Crippen LogP contribution in [-0.4, -0.2) is 110 Å². The summed E-state index contributed by atoms with van der Waals surface area (Å²) in [5.41, 5.74) is 1.74. The third-order valence-electron chi connectivity index (χ3n) is 7.77. The maximum Gasteiger partial charge on any atom is 0.269 e. The molecule has 0 aromatic rings. The maximum atomic E-state index is 12.4. The van der Waals surface area contributed by atoms with E-state index in [9.17, 15) is 9.59 Å². The molecule has 184 valence electrons. The first-order chi connectivity index (χ1) is 16.6. The normalized spacial score (nSPS) is 34.3. The van der Waals surface area contributed by atoms with E-state index >= 15 is 0 Å². The van der Waals surface area contributed by atoms with Crippen LogP contribution in [0.1, 0.15) is 26.2 Å². The summed E-state index contributed by atoms with van der Waals surface area (Å²) in [4.78, 5) is 38.9. The number of nitrogens with one attached hydrogen (secondary N) is 3. The van der Waals surface area contributed by atoms with Gasteiger partial charge in [-0.15, -0.1) is 0 Å². The molecular weight excluding hydrogens is 430 g/mol. The molecule has 34 heavy (non-hydrogen) atoms. The van der Waals surface area contributed by atoms with Gasteiger partial charge in [-0.05, 0) is 37.5 Å². The predicted molar refractivity (Wildman–Crippen MR) is 133 cm³/mol. The Balaban J connectivity index is 1.07. The molecule has 5 aliphatic rings. The molecule has 0 spiro atoms. The number of hydrogen-bond donors (Lipinski definition) is 3. The molecule has 2 amide bonds. The molecule has 5 heterocycles. The van der Waals surface area contributed by atoms with E-state index in [1.54, 1.807) is 0 Å². The molecule has 0 radical (unpaired) electrons. The lowest BCUT2D eigenvalue weighted by molar-refractivity contribution is -0.127. The van der Waals surface area contributed by atoms with Crippen LogP contribution in [0.2, 0.25) is 0 Å². The topological polar surface area (TPSA) is 101 Å². The highest BCUT2D eigenvalue weighted by Crippen LogP contribution is 2.25. The number of piperidine rings is 1. The minimum atomic E-state index is -0.0581. The van der Waals surface area contributed by atoms with Crippen LogP contribution in [-0.2, 0) is 9.59 Å². The first-order valence-corrected chi connectivity index (χ1v) is 12.8. The van der Waals surface area contributed by atoms with Gasteiger partial charge >= 0.3 is 0 Å². The van der Waals surface area contributed by atoms with E-state index in [2.05, 4.69) is 49.8 Å². The van der Waals surface area contributed by atoms with Crippen molar-refractivity contribution in [3.63, 3.8) is 0 Å². The number of piperazine rings is 1. The van der Waals surface area contributed by atoms with Crippen LogP contribution in [0.4, 0.5) is 0 Å². The van der Waals surface area contributed by atoms with Gasteiger partial charge in [0.2, 0.25) is 5.91 Å². The molecule has 3 N–H and O–H groups in total. The van der Waals surface area contributed by atoms with Crippen LogP contribution >= 0.6 is 0 Å². The summed E-state index contributed by atoms with van der Waals surface area (Å²) in [6.07, 6.45) is 11.0. The van der Waals surface area contributed by atoms with Crippen molar-refractivity contribution in [1.82, 2.24) is 25.8 Å². The Hall–Kier alpha value is -2.36. The number of carbonyl (C=O) groups is 2. The van der Waals surface area contributed by atoms with Gasteiger partial charge in [-0.3, -0.25) is 29.4 Å². The zero-order valence-corrected chi connectivity index (χ0v) is 20.1. The predicted octanol–water partition coefficient (Wildman–Crippen LogP) is -0.244. The van der Waals surface area contributed by atoms with Crippen molar-refractivity contribution >= 4 is 23.7 Å². The van der Waals surface area contributed by atoms with Crippen molar-refractivity contribution in [2.75, 3.05) is 52.4 Å². The Morgan fingerprint density at radius 3 is 2.82 bits per heavy atom. The highest BCUT2D eigenvalue weighted by molar-refractivity contribution is 6.43. The number of nitrogens with zero attached hydrogens (tertiary/aromatic N) is 4. The van der Waals surface area contributed by atoms with Gasteiger partial charge in [0.1, 0.15) is 5.71 Å². The molecule has 0 bridgehead atoms. The molecule has 0 aromatic carbocycles. The van der Waals surface area contributed by atoms with Gasteiger partial charge < -0.3 is 16.0 Å². The van der Waals surface area contributed by atoms with E-state index in [1.807, 2.05) is 12.3 Å². The van der Waals surface area contributed by atoms with E-state index in [1.165, 1.54) is 5.57 Å². The first kappa shape index (κ1) is 23.4. The maximum absolute atomic E-state index is 12.4. The van der Waals surface area contributed by atoms with Gasteiger partial charge in [0.25, 0.3) is 5.91 Å². The van der Waals surface area contributed by atoms with Gasteiger partial charge in [-0.2, -0.15) is 0 Å². The van der Waals surface area contributed by atoms with E-state index in [4.69, 9.17) is 4.99 Å². The highest BCUT2D eigenvalue weighted by atomic mass is 16.2. The summed E-state index contributed by atoms with van der Waals surface area (Å²) in [6, 6.07) is 0.695. The molecule has 4 unspecified atom stereocenters. The lowest BCUT2D eigenvalue weighted by Gasteiger charge is -2.39. The van der Waals surface area contributed by atoms with Crippen LogP contribution in [0, 0.1) is 5.92 Å². The fourth-order valence-corrected chi connectivity index (χ4v) is 5.58. The average molecular weight is 468 g/mol. The van der Waals surface area contributed by atoms with E-state index in [0.717, 1.165) is 65.1 Å². The fraction of sp³-hybridized carbons (Fsp3) is 0.680. The minimum Gasteiger partial charge on any atom is -0.347 e. The SMILES string of the molecule is CCC1CC2N=CC(CN3CCN(C4C=CC(C(=O)N[C@H]5CCNC5)=NC4)CC3)=CC2NC1=O. The van der Waals surface area contributed by atoms with Crippen LogP contribution in [0.3, 0.4) is 0 Å². The van der Waals surface area contributed by atoms with Crippen molar-refractivity contribution in [3.8, 4) is 0 Å². The van der Waals surface area contributed by atoms with Crippen molar-refractivity contribution < 1.29 is 9.59 Å². The minimum absolute atomic E-state index is 0.0400. The van der Waals surface area contributed by atoms with Crippen LogP contribution < -0.4 is 16.0 Å². The lowest BCUT2D eigenvalue weighted by atomic mass is 9.86. The second-order valence-corrected chi connectivity index (χ2v) is 10.1. The van der Waals surface area contributed by atoms with Crippen LogP contribution in [0.25, 0.3) is 0 Å². The summed E-state index contributed by atoms with van der Waals surface area (Å²) in [7, 11) is 0. The zero-order chi connectivity index (χ0) is 23.5. The van der Waals surface area contributed by atoms with E-state index < -0.39 is 0 Å². The number of amides is 2. The zero-order valence-electron chi connectivity index (χ0n) is 20.1. The molecule has 5 rings (SSSR count). The number of carbonyl (C=O) groups excluding carboxylic acids is 2. The summed E-state index contributed by atoms with van der Waals surface area (Å²) in [6.45, 7) is 9.30. The summed E-state index contributed by atoms with van der Waals surface area (Å²) >= 11 is 0. The number of fused-ring (bicyclic) bond motifs is 1. The first-order valence-electron chi connectivity index (χ1n) is 12.8. The largest absolute Gasteiger partial charge is 0.347 e. The van der Waals surface area contributed by atoms with Gasteiger partial charge in [-0.25, -0.2) is 0 Å². The van der Waals surface area contributed by atoms with E-state index in [0.29, 0.717) is 12.3 Å². The molecular formula is C25H37N7O2. The molecule has 9 heteroatoms. The van der Waals surface area contributed by atoms with Crippen molar-refractivity contribution in [1.29, 1.82) is 0 Å². The van der Waals surface area contributed by atoms with Gasteiger partial charge in [0.15, 0.2) is 0 Å². The van der Waals surface area contributed by atoms with Gasteiger partial charge in [0.05, 0.1) is 18.6 Å². The third-order valence-corrected chi connectivity index (χ3v) is 7.77. The molecule has 9 nitrogen and oxygen atoms in total. The monoisotopic (exact) mass is 467 g/mol. The third kappa shape index (κ3) is 5.31. The summed E-state index contributed by atoms with van der Waals surface area (Å²) < 4.78 is 0. The molecule has 0 saturated carbocycles. The van der Waals surface area contributed by atoms with Crippen LogP contribution in [0.15, 0.2) is 33.8 Å². The fourth-order valence-electron chi connectivity index (χ4n) is 5.58. The number of dihydropyridines is 2. The van der Waals surface area contributed by atoms with Crippen molar-refractivity contribution in [3.05, 3.63) is 23.8 Å². The second-order valence-electron chi connectivity index (χ2n) is 10.1. The number of rotatable bonds is 6. The van der Waals surface area contributed by atoms with E-state index in [-0.39, 0.29) is 41.9 Å². The quantitative estimate of drug-likeness (QED) is 0.500. The molecule has 5 aliphatic heterocycles.